The third-order valence-electron chi connectivity index (χ3n) is 3.08. The molecule has 0 radical (unpaired) electrons. The lowest BCUT2D eigenvalue weighted by Gasteiger charge is -2.17. The largest absolute Gasteiger partial charge is 0.505 e. The van der Waals surface area contributed by atoms with Crippen molar-refractivity contribution in [3.8, 4) is 5.75 Å². The van der Waals surface area contributed by atoms with Crippen LogP contribution in [0.25, 0.3) is 0 Å². The molecule has 1 unspecified atom stereocenters. The number of hydrogen-bond donors (Lipinski definition) is 2. The van der Waals surface area contributed by atoms with Crippen molar-refractivity contribution in [3.05, 3.63) is 58.9 Å². The standard InChI is InChI=1S/C15H14F3NO/c1-8-5-13(17)11(7-12(8)16)9(2)19-10-3-4-15(20)14(18)6-10/h3-7,9,19-20H,1-2H3. The molecule has 2 N–H and O–H groups in total. The Bertz CT molecular complexity index is 643. The van der Waals surface area contributed by atoms with E-state index in [0.29, 0.717) is 5.69 Å². The van der Waals surface area contributed by atoms with Crippen LogP contribution in [0, 0.1) is 24.4 Å². The zero-order valence-electron chi connectivity index (χ0n) is 11.0. The van der Waals surface area contributed by atoms with Crippen molar-refractivity contribution in [1.82, 2.24) is 0 Å². The summed E-state index contributed by atoms with van der Waals surface area (Å²) in [6.07, 6.45) is 0. The zero-order chi connectivity index (χ0) is 14.9. The highest BCUT2D eigenvalue weighted by molar-refractivity contribution is 5.48. The summed E-state index contributed by atoms with van der Waals surface area (Å²) < 4.78 is 40.5. The van der Waals surface area contributed by atoms with Crippen LogP contribution >= 0.6 is 0 Å². The van der Waals surface area contributed by atoms with Crippen molar-refractivity contribution < 1.29 is 18.3 Å². The molecule has 0 saturated heterocycles. The van der Waals surface area contributed by atoms with Crippen LogP contribution in [0.3, 0.4) is 0 Å². The Labute approximate surface area is 114 Å². The van der Waals surface area contributed by atoms with Crippen LogP contribution in [0.1, 0.15) is 24.1 Å². The lowest BCUT2D eigenvalue weighted by molar-refractivity contribution is 0.432. The summed E-state index contributed by atoms with van der Waals surface area (Å²) in [7, 11) is 0. The SMILES string of the molecule is Cc1cc(F)c(C(C)Nc2ccc(O)c(F)c2)cc1F. The van der Waals surface area contributed by atoms with Gasteiger partial charge in [-0.1, -0.05) is 0 Å². The average molecular weight is 281 g/mol. The predicted molar refractivity (Wildman–Crippen MR) is 71.2 cm³/mol. The zero-order valence-corrected chi connectivity index (χ0v) is 11.0. The molecule has 0 saturated carbocycles. The number of phenolic OH excluding ortho intramolecular Hbond substituents is 1. The van der Waals surface area contributed by atoms with Gasteiger partial charge < -0.3 is 10.4 Å². The van der Waals surface area contributed by atoms with Gasteiger partial charge in [0.1, 0.15) is 11.6 Å². The quantitative estimate of drug-likeness (QED) is 0.822. The average Bonchev–Trinajstić information content (AvgIpc) is 2.38. The Morgan fingerprint density at radius 3 is 2.35 bits per heavy atom. The van der Waals surface area contributed by atoms with Gasteiger partial charge in [0.05, 0.1) is 6.04 Å². The van der Waals surface area contributed by atoms with E-state index in [9.17, 15) is 13.2 Å². The van der Waals surface area contributed by atoms with Gasteiger partial charge in [0.25, 0.3) is 0 Å². The van der Waals surface area contributed by atoms with E-state index in [4.69, 9.17) is 5.11 Å². The van der Waals surface area contributed by atoms with Gasteiger partial charge in [0.2, 0.25) is 0 Å². The van der Waals surface area contributed by atoms with Gasteiger partial charge in [-0.3, -0.25) is 0 Å². The van der Waals surface area contributed by atoms with Crippen LogP contribution in [0.4, 0.5) is 18.9 Å². The minimum atomic E-state index is -0.780. The van der Waals surface area contributed by atoms with E-state index in [2.05, 4.69) is 5.32 Å². The van der Waals surface area contributed by atoms with Crippen LogP contribution in [0.2, 0.25) is 0 Å². The first-order valence-electron chi connectivity index (χ1n) is 6.09. The molecule has 1 atom stereocenters. The highest BCUT2D eigenvalue weighted by Crippen LogP contribution is 2.26. The van der Waals surface area contributed by atoms with Gasteiger partial charge in [0, 0.05) is 17.3 Å². The Morgan fingerprint density at radius 1 is 1.00 bits per heavy atom. The molecule has 0 fully saturated rings. The second-order valence-corrected chi connectivity index (χ2v) is 4.66. The summed E-state index contributed by atoms with van der Waals surface area (Å²) in [5.74, 6) is -2.26. The first kappa shape index (κ1) is 14.2. The third kappa shape index (κ3) is 2.87. The number of aryl methyl sites for hydroxylation is 1. The summed E-state index contributed by atoms with van der Waals surface area (Å²) >= 11 is 0. The van der Waals surface area contributed by atoms with Crippen LogP contribution in [-0.2, 0) is 0 Å². The van der Waals surface area contributed by atoms with E-state index >= 15 is 0 Å². The van der Waals surface area contributed by atoms with E-state index in [1.807, 2.05) is 0 Å². The first-order valence-corrected chi connectivity index (χ1v) is 6.09. The second-order valence-electron chi connectivity index (χ2n) is 4.66. The lowest BCUT2D eigenvalue weighted by atomic mass is 10.0. The summed E-state index contributed by atoms with van der Waals surface area (Å²) in [6.45, 7) is 3.12. The van der Waals surface area contributed by atoms with Gasteiger partial charge in [0.15, 0.2) is 11.6 Å². The maximum Gasteiger partial charge on any atom is 0.166 e. The molecule has 0 bridgehead atoms. The number of hydrogen-bond acceptors (Lipinski definition) is 2. The first-order chi connectivity index (χ1) is 9.38. The van der Waals surface area contributed by atoms with E-state index in [-0.39, 0.29) is 11.1 Å². The fourth-order valence-corrected chi connectivity index (χ4v) is 1.92. The van der Waals surface area contributed by atoms with Gasteiger partial charge in [-0.05, 0) is 43.7 Å². The number of rotatable bonds is 3. The monoisotopic (exact) mass is 281 g/mol. The smallest absolute Gasteiger partial charge is 0.166 e. The van der Waals surface area contributed by atoms with E-state index in [1.165, 1.54) is 19.1 Å². The molecule has 0 spiro atoms. The van der Waals surface area contributed by atoms with Crippen LogP contribution in [-0.4, -0.2) is 5.11 Å². The van der Waals surface area contributed by atoms with E-state index in [0.717, 1.165) is 18.2 Å². The summed E-state index contributed by atoms with van der Waals surface area (Å²) in [6, 6.07) is 5.44. The number of aromatic hydroxyl groups is 1. The van der Waals surface area contributed by atoms with Crippen molar-refractivity contribution in [2.45, 2.75) is 19.9 Å². The summed E-state index contributed by atoms with van der Waals surface area (Å²) in [5.41, 5.74) is 0.754. The van der Waals surface area contributed by atoms with Crippen molar-refractivity contribution in [2.24, 2.45) is 0 Å². The van der Waals surface area contributed by atoms with E-state index < -0.39 is 29.2 Å². The number of anilines is 1. The maximum atomic E-state index is 13.8. The molecular formula is C15H14F3NO. The predicted octanol–water partition coefficient (Wildman–Crippen LogP) is 4.29. The summed E-state index contributed by atoms with van der Waals surface area (Å²) in [5, 5.41) is 11.9. The van der Waals surface area contributed by atoms with Crippen LogP contribution in [0.5, 0.6) is 5.75 Å². The molecule has 0 heterocycles. The minimum absolute atomic E-state index is 0.154. The Balaban J connectivity index is 2.25. The Kier molecular flexibility index (Phi) is 3.88. The number of halogens is 3. The molecule has 5 heteroatoms. The molecule has 2 aromatic carbocycles. The highest BCUT2D eigenvalue weighted by atomic mass is 19.1. The van der Waals surface area contributed by atoms with Gasteiger partial charge >= 0.3 is 0 Å². The molecule has 0 aliphatic rings. The number of nitrogens with one attached hydrogen (secondary N) is 1. The van der Waals surface area contributed by atoms with Crippen molar-refractivity contribution in [2.75, 3.05) is 5.32 Å². The Morgan fingerprint density at radius 2 is 1.70 bits per heavy atom. The highest BCUT2D eigenvalue weighted by Gasteiger charge is 2.14. The Hall–Kier alpha value is -2.17. The second kappa shape index (κ2) is 5.45. The normalized spacial score (nSPS) is 12.2. The van der Waals surface area contributed by atoms with Gasteiger partial charge in [-0.25, -0.2) is 13.2 Å². The van der Waals surface area contributed by atoms with E-state index in [1.54, 1.807) is 6.92 Å². The molecule has 2 nitrogen and oxygen atoms in total. The van der Waals surface area contributed by atoms with Crippen molar-refractivity contribution in [1.29, 1.82) is 0 Å². The van der Waals surface area contributed by atoms with Crippen molar-refractivity contribution >= 4 is 5.69 Å². The molecule has 0 aliphatic carbocycles. The number of benzene rings is 2. The molecule has 106 valence electrons. The molecule has 2 aromatic rings. The fourth-order valence-electron chi connectivity index (χ4n) is 1.92. The third-order valence-corrected chi connectivity index (χ3v) is 3.08. The maximum absolute atomic E-state index is 13.8. The molecule has 20 heavy (non-hydrogen) atoms. The molecule has 0 aliphatic heterocycles. The molecular weight excluding hydrogens is 267 g/mol. The minimum Gasteiger partial charge on any atom is -0.505 e. The molecule has 0 aromatic heterocycles. The van der Waals surface area contributed by atoms with Crippen LogP contribution < -0.4 is 5.32 Å². The topological polar surface area (TPSA) is 32.3 Å². The fraction of sp³-hybridized carbons (Fsp3) is 0.200. The lowest BCUT2D eigenvalue weighted by Crippen LogP contribution is -2.09. The van der Waals surface area contributed by atoms with Gasteiger partial charge in [-0.2, -0.15) is 0 Å². The van der Waals surface area contributed by atoms with Crippen LogP contribution in [0.15, 0.2) is 30.3 Å². The summed E-state index contributed by atoms with van der Waals surface area (Å²) in [4.78, 5) is 0. The van der Waals surface area contributed by atoms with Crippen molar-refractivity contribution in [3.63, 3.8) is 0 Å². The molecule has 0 amide bonds. The van der Waals surface area contributed by atoms with Gasteiger partial charge in [-0.15, -0.1) is 0 Å². The molecule has 2 rings (SSSR count). The number of phenols is 1.